The van der Waals surface area contributed by atoms with Crippen molar-refractivity contribution in [3.8, 4) is 0 Å². The molecule has 3 nitrogen and oxygen atoms in total. The molecule has 2 aliphatic rings. The van der Waals surface area contributed by atoms with E-state index in [1.807, 2.05) is 6.92 Å². The smallest absolute Gasteiger partial charge is 0.324 e. The molecule has 1 atom stereocenters. The third-order valence-electron chi connectivity index (χ3n) is 4.31. The molecule has 1 N–H and O–H groups in total. The summed E-state index contributed by atoms with van der Waals surface area (Å²) in [5.41, 5.74) is -0.578. The Morgan fingerprint density at radius 1 is 1.40 bits per heavy atom. The first-order chi connectivity index (χ1) is 6.96. The van der Waals surface area contributed by atoms with Gasteiger partial charge in [-0.05, 0) is 37.5 Å². The standard InChI is InChI=1S/C12H21NO2/c1-8(2)9-6-13(7-9)12(3,11(14)15)10-4-5-10/h8-10H,4-7H2,1-3H3,(H,14,15). The van der Waals surface area contributed by atoms with Crippen molar-refractivity contribution in [1.29, 1.82) is 0 Å². The molecule has 1 saturated carbocycles. The maximum atomic E-state index is 11.4. The van der Waals surface area contributed by atoms with Gasteiger partial charge in [-0.2, -0.15) is 0 Å². The Labute approximate surface area is 91.5 Å². The Balaban J connectivity index is 2.00. The summed E-state index contributed by atoms with van der Waals surface area (Å²) in [6, 6.07) is 0. The predicted molar refractivity (Wildman–Crippen MR) is 58.7 cm³/mol. The summed E-state index contributed by atoms with van der Waals surface area (Å²) in [7, 11) is 0. The largest absolute Gasteiger partial charge is 0.480 e. The molecule has 0 radical (unpaired) electrons. The zero-order valence-corrected chi connectivity index (χ0v) is 9.86. The highest BCUT2D eigenvalue weighted by Crippen LogP contribution is 2.46. The fourth-order valence-electron chi connectivity index (χ4n) is 2.53. The second kappa shape index (κ2) is 3.48. The normalized spacial score (nSPS) is 27.5. The highest BCUT2D eigenvalue weighted by molar-refractivity contribution is 5.79. The van der Waals surface area contributed by atoms with Gasteiger partial charge < -0.3 is 5.11 Å². The van der Waals surface area contributed by atoms with Crippen LogP contribution in [0.25, 0.3) is 0 Å². The topological polar surface area (TPSA) is 40.5 Å². The molecule has 1 aliphatic heterocycles. The Bertz CT molecular complexity index is 267. The van der Waals surface area contributed by atoms with Crippen LogP contribution in [0.2, 0.25) is 0 Å². The van der Waals surface area contributed by atoms with E-state index in [2.05, 4.69) is 18.7 Å². The lowest BCUT2D eigenvalue weighted by Gasteiger charge is -2.50. The van der Waals surface area contributed by atoms with Crippen molar-refractivity contribution in [1.82, 2.24) is 4.90 Å². The molecule has 0 spiro atoms. The van der Waals surface area contributed by atoms with Gasteiger partial charge >= 0.3 is 5.97 Å². The van der Waals surface area contributed by atoms with Crippen molar-refractivity contribution >= 4 is 5.97 Å². The van der Waals surface area contributed by atoms with Crippen molar-refractivity contribution in [2.45, 2.75) is 39.2 Å². The van der Waals surface area contributed by atoms with E-state index < -0.39 is 11.5 Å². The molecule has 0 aromatic heterocycles. The van der Waals surface area contributed by atoms with E-state index in [-0.39, 0.29) is 0 Å². The zero-order valence-electron chi connectivity index (χ0n) is 9.86. The van der Waals surface area contributed by atoms with Crippen LogP contribution < -0.4 is 0 Å². The SMILES string of the molecule is CC(C)C1CN(C(C)(C(=O)O)C2CC2)C1. The maximum absolute atomic E-state index is 11.4. The molecule has 3 heteroatoms. The first kappa shape index (κ1) is 10.9. The number of nitrogens with zero attached hydrogens (tertiary/aromatic N) is 1. The average Bonchev–Trinajstić information content (AvgIpc) is 2.81. The molecule has 1 unspecified atom stereocenters. The second-order valence-electron chi connectivity index (χ2n) is 5.64. The van der Waals surface area contributed by atoms with Crippen LogP contribution in [0.5, 0.6) is 0 Å². The maximum Gasteiger partial charge on any atom is 0.324 e. The lowest BCUT2D eigenvalue weighted by Crippen LogP contribution is -2.64. The number of aliphatic carboxylic acids is 1. The molecule has 0 aromatic rings. The molecule has 0 amide bonds. The number of carbonyl (C=O) groups is 1. The molecule has 15 heavy (non-hydrogen) atoms. The number of carboxylic acid groups (broad SMARTS) is 1. The van der Waals surface area contributed by atoms with Gasteiger partial charge in [0, 0.05) is 13.1 Å². The lowest BCUT2D eigenvalue weighted by molar-refractivity contribution is -0.159. The second-order valence-corrected chi connectivity index (χ2v) is 5.64. The number of hydrogen-bond acceptors (Lipinski definition) is 2. The van der Waals surface area contributed by atoms with Crippen molar-refractivity contribution in [2.75, 3.05) is 13.1 Å². The van der Waals surface area contributed by atoms with Crippen LogP contribution >= 0.6 is 0 Å². The Morgan fingerprint density at radius 2 is 1.93 bits per heavy atom. The number of carboxylic acids is 1. The van der Waals surface area contributed by atoms with E-state index in [0.717, 1.165) is 25.9 Å². The van der Waals surface area contributed by atoms with Crippen LogP contribution in [0.4, 0.5) is 0 Å². The van der Waals surface area contributed by atoms with Gasteiger partial charge in [-0.25, -0.2) is 0 Å². The lowest BCUT2D eigenvalue weighted by atomic mass is 9.81. The summed E-state index contributed by atoms with van der Waals surface area (Å²) in [6.45, 7) is 8.28. The summed E-state index contributed by atoms with van der Waals surface area (Å²) in [5.74, 6) is 1.14. The summed E-state index contributed by atoms with van der Waals surface area (Å²) in [6.07, 6.45) is 2.18. The van der Waals surface area contributed by atoms with Crippen LogP contribution in [-0.2, 0) is 4.79 Å². The van der Waals surface area contributed by atoms with Crippen LogP contribution in [0.15, 0.2) is 0 Å². The van der Waals surface area contributed by atoms with E-state index in [4.69, 9.17) is 0 Å². The molecule has 0 aromatic carbocycles. The zero-order chi connectivity index (χ0) is 11.2. The average molecular weight is 211 g/mol. The quantitative estimate of drug-likeness (QED) is 0.771. The first-order valence-electron chi connectivity index (χ1n) is 5.94. The van der Waals surface area contributed by atoms with Gasteiger partial charge in [0.05, 0.1) is 0 Å². The Hall–Kier alpha value is -0.570. The molecule has 1 heterocycles. The molecule has 1 saturated heterocycles. The third kappa shape index (κ3) is 1.67. The van der Waals surface area contributed by atoms with Crippen molar-refractivity contribution < 1.29 is 9.90 Å². The summed E-state index contributed by atoms with van der Waals surface area (Å²) in [5, 5.41) is 9.36. The van der Waals surface area contributed by atoms with Crippen molar-refractivity contribution in [2.24, 2.45) is 17.8 Å². The van der Waals surface area contributed by atoms with E-state index in [1.165, 1.54) is 0 Å². The van der Waals surface area contributed by atoms with E-state index in [0.29, 0.717) is 17.8 Å². The number of likely N-dealkylation sites (tertiary alicyclic amines) is 1. The highest BCUT2D eigenvalue weighted by Gasteiger charge is 2.54. The van der Waals surface area contributed by atoms with Gasteiger partial charge in [-0.1, -0.05) is 13.8 Å². The fourth-order valence-corrected chi connectivity index (χ4v) is 2.53. The van der Waals surface area contributed by atoms with Crippen LogP contribution in [-0.4, -0.2) is 34.6 Å². The monoisotopic (exact) mass is 211 g/mol. The van der Waals surface area contributed by atoms with Crippen LogP contribution in [0.1, 0.15) is 33.6 Å². The third-order valence-corrected chi connectivity index (χ3v) is 4.31. The van der Waals surface area contributed by atoms with Gasteiger partial charge in [0.1, 0.15) is 5.54 Å². The predicted octanol–water partition coefficient (Wildman–Crippen LogP) is 1.83. The number of rotatable bonds is 4. The minimum absolute atomic E-state index is 0.392. The van der Waals surface area contributed by atoms with Crippen LogP contribution in [0.3, 0.4) is 0 Å². The van der Waals surface area contributed by atoms with Gasteiger partial charge in [0.2, 0.25) is 0 Å². The van der Waals surface area contributed by atoms with Crippen molar-refractivity contribution in [3.05, 3.63) is 0 Å². The van der Waals surface area contributed by atoms with Gasteiger partial charge in [0.15, 0.2) is 0 Å². The molecule has 0 bridgehead atoms. The van der Waals surface area contributed by atoms with E-state index in [9.17, 15) is 9.90 Å². The van der Waals surface area contributed by atoms with E-state index in [1.54, 1.807) is 0 Å². The fraction of sp³-hybridized carbons (Fsp3) is 0.917. The molecule has 1 aliphatic carbocycles. The van der Waals surface area contributed by atoms with E-state index >= 15 is 0 Å². The number of hydrogen-bond donors (Lipinski definition) is 1. The Morgan fingerprint density at radius 3 is 2.27 bits per heavy atom. The minimum Gasteiger partial charge on any atom is -0.480 e. The van der Waals surface area contributed by atoms with Crippen molar-refractivity contribution in [3.63, 3.8) is 0 Å². The molecule has 2 rings (SSSR count). The summed E-state index contributed by atoms with van der Waals surface area (Å²) < 4.78 is 0. The summed E-state index contributed by atoms with van der Waals surface area (Å²) >= 11 is 0. The molecular formula is C12H21NO2. The Kier molecular flexibility index (Phi) is 2.53. The van der Waals surface area contributed by atoms with Gasteiger partial charge in [-0.15, -0.1) is 0 Å². The van der Waals surface area contributed by atoms with Gasteiger partial charge in [-0.3, -0.25) is 9.69 Å². The van der Waals surface area contributed by atoms with Gasteiger partial charge in [0.25, 0.3) is 0 Å². The first-order valence-corrected chi connectivity index (χ1v) is 5.94. The molecule has 2 fully saturated rings. The summed E-state index contributed by atoms with van der Waals surface area (Å²) in [4.78, 5) is 13.5. The van der Waals surface area contributed by atoms with Crippen LogP contribution in [0, 0.1) is 17.8 Å². The highest BCUT2D eigenvalue weighted by atomic mass is 16.4. The minimum atomic E-state index is -0.632. The molecule has 86 valence electrons. The molecular weight excluding hydrogens is 190 g/mol.